The summed E-state index contributed by atoms with van der Waals surface area (Å²) in [7, 11) is 3.78. The normalized spacial score (nSPS) is 23.2. The topological polar surface area (TPSA) is 57.9 Å². The van der Waals surface area contributed by atoms with Gasteiger partial charge in [0.1, 0.15) is 6.10 Å². The van der Waals surface area contributed by atoms with Gasteiger partial charge in [0.15, 0.2) is 5.96 Å². The molecule has 7 nitrogen and oxygen atoms in total. The van der Waals surface area contributed by atoms with Crippen LogP contribution in [0.15, 0.2) is 41.7 Å². The van der Waals surface area contributed by atoms with Crippen LogP contribution in [0.3, 0.4) is 0 Å². The number of likely N-dealkylation sites (tertiary alicyclic amines) is 1. The van der Waals surface area contributed by atoms with Gasteiger partial charge in [-0.3, -0.25) is 14.6 Å². The van der Waals surface area contributed by atoms with E-state index in [0.717, 1.165) is 37.7 Å². The number of aliphatic imine (C=N–C) groups is 1. The van der Waals surface area contributed by atoms with E-state index < -0.39 is 0 Å². The Morgan fingerprint density at radius 2 is 2.00 bits per heavy atom. The molecular weight excluding hydrogens is 388 g/mol. The van der Waals surface area contributed by atoms with Gasteiger partial charge in [-0.05, 0) is 37.4 Å². The van der Waals surface area contributed by atoms with Gasteiger partial charge in [-0.25, -0.2) is 0 Å². The van der Waals surface area contributed by atoms with Gasteiger partial charge in [0.05, 0.1) is 19.3 Å². The number of nitrogens with zero attached hydrogens (tertiary/aromatic N) is 5. The summed E-state index contributed by atoms with van der Waals surface area (Å²) in [6.07, 6.45) is 7.96. The van der Waals surface area contributed by atoms with Crippen molar-refractivity contribution in [3.8, 4) is 0 Å². The number of aromatic nitrogens is 2. The van der Waals surface area contributed by atoms with Crippen LogP contribution in [0.4, 0.5) is 0 Å². The van der Waals surface area contributed by atoms with Crippen LogP contribution in [0.25, 0.3) is 0 Å². The minimum atomic E-state index is 0.0254. The number of morpholine rings is 1. The van der Waals surface area contributed by atoms with E-state index in [1.165, 1.54) is 36.9 Å². The van der Waals surface area contributed by atoms with Gasteiger partial charge in [0.25, 0.3) is 0 Å². The van der Waals surface area contributed by atoms with Gasteiger partial charge < -0.3 is 15.0 Å². The smallest absolute Gasteiger partial charge is 0.194 e. The van der Waals surface area contributed by atoms with E-state index in [0.29, 0.717) is 12.6 Å². The second-order valence-electron chi connectivity index (χ2n) is 8.79. The first-order valence-electron chi connectivity index (χ1n) is 11.5. The van der Waals surface area contributed by atoms with Crippen molar-refractivity contribution in [3.05, 3.63) is 53.3 Å². The van der Waals surface area contributed by atoms with E-state index in [9.17, 15) is 0 Å². The minimum Gasteiger partial charge on any atom is -0.370 e. The van der Waals surface area contributed by atoms with Crippen molar-refractivity contribution in [2.45, 2.75) is 51.4 Å². The van der Waals surface area contributed by atoms with Gasteiger partial charge in [0, 0.05) is 51.5 Å². The molecule has 0 saturated carbocycles. The van der Waals surface area contributed by atoms with Gasteiger partial charge in [-0.15, -0.1) is 0 Å². The first-order valence-corrected chi connectivity index (χ1v) is 11.5. The zero-order valence-corrected chi connectivity index (χ0v) is 19.1. The number of nitrogens with one attached hydrogen (secondary N) is 1. The van der Waals surface area contributed by atoms with E-state index in [1.807, 2.05) is 31.2 Å². The monoisotopic (exact) mass is 424 g/mol. The molecule has 2 unspecified atom stereocenters. The Morgan fingerprint density at radius 1 is 1.19 bits per heavy atom. The summed E-state index contributed by atoms with van der Waals surface area (Å²) < 4.78 is 7.79. The molecule has 168 valence electrons. The van der Waals surface area contributed by atoms with Gasteiger partial charge in [-0.2, -0.15) is 5.10 Å². The molecule has 7 heteroatoms. The van der Waals surface area contributed by atoms with Crippen LogP contribution in [-0.4, -0.2) is 64.9 Å². The molecule has 31 heavy (non-hydrogen) atoms. The lowest BCUT2D eigenvalue weighted by molar-refractivity contribution is -0.00805. The van der Waals surface area contributed by atoms with Crippen LogP contribution < -0.4 is 5.32 Å². The summed E-state index contributed by atoms with van der Waals surface area (Å²) >= 11 is 0. The Bertz CT molecular complexity index is 861. The lowest BCUT2D eigenvalue weighted by Crippen LogP contribution is -2.47. The van der Waals surface area contributed by atoms with Crippen LogP contribution in [0.1, 0.15) is 49.0 Å². The molecule has 2 fully saturated rings. The molecule has 0 amide bonds. The molecule has 2 aromatic rings. The number of benzene rings is 1. The highest BCUT2D eigenvalue weighted by Gasteiger charge is 2.25. The molecule has 2 saturated heterocycles. The predicted octanol–water partition coefficient (Wildman–Crippen LogP) is 2.94. The largest absolute Gasteiger partial charge is 0.370 e. The van der Waals surface area contributed by atoms with E-state index in [1.54, 1.807) is 0 Å². The molecular formula is C24H36N6O. The molecule has 2 aliphatic rings. The van der Waals surface area contributed by atoms with Gasteiger partial charge in [0.2, 0.25) is 0 Å². The Kier molecular flexibility index (Phi) is 7.25. The summed E-state index contributed by atoms with van der Waals surface area (Å²) in [5.41, 5.74) is 3.78. The number of guanidine groups is 1. The van der Waals surface area contributed by atoms with Crippen molar-refractivity contribution in [2.24, 2.45) is 12.0 Å². The maximum atomic E-state index is 5.97. The summed E-state index contributed by atoms with van der Waals surface area (Å²) in [6.45, 7) is 7.70. The Balaban J connectivity index is 1.30. The van der Waals surface area contributed by atoms with Crippen LogP contribution in [-0.2, 0) is 24.9 Å². The van der Waals surface area contributed by atoms with Crippen molar-refractivity contribution in [1.82, 2.24) is 24.9 Å². The molecule has 1 aromatic heterocycles. The second-order valence-corrected chi connectivity index (χ2v) is 8.79. The highest BCUT2D eigenvalue weighted by molar-refractivity contribution is 5.80. The van der Waals surface area contributed by atoms with E-state index >= 15 is 0 Å². The lowest BCUT2D eigenvalue weighted by Gasteiger charge is -2.34. The number of aryl methyl sites for hydroxylation is 1. The molecule has 3 heterocycles. The van der Waals surface area contributed by atoms with E-state index in [-0.39, 0.29) is 6.10 Å². The third-order valence-electron chi connectivity index (χ3n) is 6.47. The quantitative estimate of drug-likeness (QED) is 0.591. The van der Waals surface area contributed by atoms with Crippen LogP contribution in [0, 0.1) is 0 Å². The van der Waals surface area contributed by atoms with Crippen molar-refractivity contribution in [2.75, 3.05) is 33.3 Å². The molecule has 1 aromatic carbocycles. The highest BCUT2D eigenvalue weighted by atomic mass is 16.5. The van der Waals surface area contributed by atoms with Crippen molar-refractivity contribution < 1.29 is 4.74 Å². The number of hydrogen-bond acceptors (Lipinski definition) is 4. The fraction of sp³-hybridized carbons (Fsp3) is 0.583. The standard InChI is InChI=1S/C24H36N6O/c1-19-6-4-5-11-29(19)16-21-9-7-20(8-10-21)14-26-24(25-2)30-12-13-31-23(18-30)22-15-27-28(3)17-22/h7-10,15,17,19,23H,4-6,11-14,16,18H2,1-3H3,(H,25,26). The predicted molar refractivity (Wildman–Crippen MR) is 124 cm³/mol. The average molecular weight is 425 g/mol. The minimum absolute atomic E-state index is 0.0254. The summed E-state index contributed by atoms with van der Waals surface area (Å²) in [6, 6.07) is 9.72. The van der Waals surface area contributed by atoms with Crippen LogP contribution in [0.2, 0.25) is 0 Å². The van der Waals surface area contributed by atoms with Crippen molar-refractivity contribution in [1.29, 1.82) is 0 Å². The van der Waals surface area contributed by atoms with Crippen LogP contribution in [0.5, 0.6) is 0 Å². The molecule has 0 radical (unpaired) electrons. The first-order chi connectivity index (χ1) is 15.1. The number of ether oxygens (including phenoxy) is 1. The average Bonchev–Trinajstić information content (AvgIpc) is 3.23. The summed E-state index contributed by atoms with van der Waals surface area (Å²) in [4.78, 5) is 9.39. The third-order valence-corrected chi connectivity index (χ3v) is 6.47. The number of hydrogen-bond donors (Lipinski definition) is 1. The second kappa shape index (κ2) is 10.3. The number of rotatable bonds is 5. The molecule has 1 N–H and O–H groups in total. The molecule has 4 rings (SSSR count). The first kappa shape index (κ1) is 21.8. The molecule has 0 spiro atoms. The van der Waals surface area contributed by atoms with Gasteiger partial charge in [-0.1, -0.05) is 30.7 Å². The summed E-state index contributed by atoms with van der Waals surface area (Å²) in [5.74, 6) is 0.920. The Labute approximate surface area is 186 Å². The van der Waals surface area contributed by atoms with Crippen LogP contribution >= 0.6 is 0 Å². The number of piperidine rings is 1. The lowest BCUT2D eigenvalue weighted by atomic mass is 10.0. The zero-order valence-electron chi connectivity index (χ0n) is 19.1. The SMILES string of the molecule is CN=C(NCc1ccc(CN2CCCCC2C)cc1)N1CCOC(c2cnn(C)c2)C1. The molecule has 0 aliphatic carbocycles. The molecule has 2 aliphatic heterocycles. The maximum Gasteiger partial charge on any atom is 0.194 e. The van der Waals surface area contributed by atoms with Crippen molar-refractivity contribution in [3.63, 3.8) is 0 Å². The fourth-order valence-electron chi connectivity index (χ4n) is 4.55. The zero-order chi connectivity index (χ0) is 21.6. The molecule has 0 bridgehead atoms. The van der Waals surface area contributed by atoms with Crippen molar-refractivity contribution >= 4 is 5.96 Å². The van der Waals surface area contributed by atoms with Gasteiger partial charge >= 0.3 is 0 Å². The Morgan fingerprint density at radius 3 is 2.71 bits per heavy atom. The van der Waals surface area contributed by atoms with E-state index in [4.69, 9.17) is 4.74 Å². The summed E-state index contributed by atoms with van der Waals surface area (Å²) in [5, 5.41) is 7.80. The molecule has 2 atom stereocenters. The maximum absolute atomic E-state index is 5.97. The Hall–Kier alpha value is -2.38. The highest BCUT2D eigenvalue weighted by Crippen LogP contribution is 2.22. The fourth-order valence-corrected chi connectivity index (χ4v) is 4.55. The van der Waals surface area contributed by atoms with E-state index in [2.05, 4.69) is 56.4 Å². The third kappa shape index (κ3) is 5.66.